The zero-order chi connectivity index (χ0) is 27.5. The fraction of sp³-hybridized carbons (Fsp3) is 0.375. The molecule has 4 rings (SSSR count). The summed E-state index contributed by atoms with van der Waals surface area (Å²) in [5, 5.41) is 4.26. The Balaban J connectivity index is 1.55. The number of hydrogen-bond acceptors (Lipinski definition) is 3. The number of hydrogen-bond donors (Lipinski definition) is 1. The van der Waals surface area contributed by atoms with E-state index in [4.69, 9.17) is 27.9 Å². The average Bonchev–Trinajstić information content (AvgIpc) is 2.95. The molecule has 39 heavy (non-hydrogen) atoms. The Kier molecular flexibility index (Phi) is 11.1. The van der Waals surface area contributed by atoms with E-state index in [1.165, 1.54) is 6.42 Å². The highest BCUT2D eigenvalue weighted by molar-refractivity contribution is 6.35. The van der Waals surface area contributed by atoms with Crippen molar-refractivity contribution < 1.29 is 14.3 Å². The van der Waals surface area contributed by atoms with Gasteiger partial charge in [-0.15, -0.1) is 0 Å². The molecule has 0 spiro atoms. The SMILES string of the molecule is O=C(NC1CCCCC1)[C@@H](Cc1ccccc1)N(Cc1ccc(Cl)cc1Cl)C(=O)CCCOc1ccccc1. The van der Waals surface area contributed by atoms with Gasteiger partial charge in [0, 0.05) is 35.5 Å². The number of benzene rings is 3. The van der Waals surface area contributed by atoms with E-state index in [0.717, 1.165) is 42.6 Å². The molecule has 2 amide bonds. The lowest BCUT2D eigenvalue weighted by Gasteiger charge is -2.33. The normalized spacial score (nSPS) is 14.4. The van der Waals surface area contributed by atoms with Gasteiger partial charge in [-0.2, -0.15) is 0 Å². The maximum absolute atomic E-state index is 13.8. The molecule has 1 atom stereocenters. The minimum Gasteiger partial charge on any atom is -0.494 e. The van der Waals surface area contributed by atoms with Crippen LogP contribution in [0, 0.1) is 0 Å². The maximum Gasteiger partial charge on any atom is 0.243 e. The lowest BCUT2D eigenvalue weighted by Crippen LogP contribution is -2.52. The summed E-state index contributed by atoms with van der Waals surface area (Å²) in [6.07, 6.45) is 6.55. The molecule has 0 bridgehead atoms. The van der Waals surface area contributed by atoms with Crippen LogP contribution in [-0.4, -0.2) is 35.4 Å². The zero-order valence-corrected chi connectivity index (χ0v) is 23.7. The molecule has 206 valence electrons. The van der Waals surface area contributed by atoms with Crippen molar-refractivity contribution in [1.29, 1.82) is 0 Å². The molecule has 3 aromatic carbocycles. The largest absolute Gasteiger partial charge is 0.494 e. The fourth-order valence-corrected chi connectivity index (χ4v) is 5.47. The molecule has 1 saturated carbocycles. The van der Waals surface area contributed by atoms with Crippen LogP contribution in [0.4, 0.5) is 0 Å². The summed E-state index contributed by atoms with van der Waals surface area (Å²) < 4.78 is 5.81. The maximum atomic E-state index is 13.8. The second kappa shape index (κ2) is 14.9. The van der Waals surface area contributed by atoms with Gasteiger partial charge in [0.25, 0.3) is 0 Å². The summed E-state index contributed by atoms with van der Waals surface area (Å²) in [7, 11) is 0. The molecular weight excluding hydrogens is 531 g/mol. The highest BCUT2D eigenvalue weighted by Gasteiger charge is 2.32. The van der Waals surface area contributed by atoms with E-state index >= 15 is 0 Å². The van der Waals surface area contributed by atoms with Crippen molar-refractivity contribution in [3.8, 4) is 5.75 Å². The lowest BCUT2D eigenvalue weighted by atomic mass is 9.94. The first-order valence-corrected chi connectivity index (χ1v) is 14.5. The number of amides is 2. The third-order valence-corrected chi connectivity index (χ3v) is 7.71. The van der Waals surface area contributed by atoms with E-state index in [1.54, 1.807) is 17.0 Å². The van der Waals surface area contributed by atoms with Gasteiger partial charge < -0.3 is 15.0 Å². The minimum absolute atomic E-state index is 0.114. The average molecular weight is 568 g/mol. The predicted molar refractivity (Wildman–Crippen MR) is 157 cm³/mol. The van der Waals surface area contributed by atoms with E-state index in [9.17, 15) is 9.59 Å². The van der Waals surface area contributed by atoms with Crippen LogP contribution < -0.4 is 10.1 Å². The summed E-state index contributed by atoms with van der Waals surface area (Å²) in [6, 6.07) is 24.1. The molecule has 1 aliphatic carbocycles. The number of nitrogens with zero attached hydrogens (tertiary/aromatic N) is 1. The Morgan fingerprint density at radius 3 is 2.31 bits per heavy atom. The van der Waals surface area contributed by atoms with E-state index in [1.807, 2.05) is 66.7 Å². The van der Waals surface area contributed by atoms with Gasteiger partial charge in [0.1, 0.15) is 11.8 Å². The first kappa shape index (κ1) is 29.0. The van der Waals surface area contributed by atoms with Gasteiger partial charge in [0.05, 0.1) is 6.61 Å². The van der Waals surface area contributed by atoms with Crippen LogP contribution in [0.2, 0.25) is 10.0 Å². The number of ether oxygens (including phenoxy) is 1. The molecule has 1 fully saturated rings. The number of carbonyl (C=O) groups is 2. The Bertz CT molecular complexity index is 1200. The van der Waals surface area contributed by atoms with Crippen molar-refractivity contribution in [2.75, 3.05) is 6.61 Å². The quantitative estimate of drug-likeness (QED) is 0.235. The van der Waals surface area contributed by atoms with Crippen LogP contribution in [0.25, 0.3) is 0 Å². The number of rotatable bonds is 12. The van der Waals surface area contributed by atoms with Crippen LogP contribution in [0.15, 0.2) is 78.9 Å². The van der Waals surface area contributed by atoms with Crippen LogP contribution in [0.5, 0.6) is 5.75 Å². The summed E-state index contributed by atoms with van der Waals surface area (Å²) in [4.78, 5) is 29.3. The molecule has 7 heteroatoms. The summed E-state index contributed by atoms with van der Waals surface area (Å²) in [5.74, 6) is 0.533. The third kappa shape index (κ3) is 9.01. The van der Waals surface area contributed by atoms with E-state index in [2.05, 4.69) is 5.32 Å². The number of nitrogens with one attached hydrogen (secondary N) is 1. The van der Waals surface area contributed by atoms with E-state index in [-0.39, 0.29) is 30.8 Å². The smallest absolute Gasteiger partial charge is 0.243 e. The molecule has 0 unspecified atom stereocenters. The van der Waals surface area contributed by atoms with E-state index in [0.29, 0.717) is 29.5 Å². The van der Waals surface area contributed by atoms with Crippen molar-refractivity contribution in [2.24, 2.45) is 0 Å². The Hall–Kier alpha value is -3.02. The molecule has 0 heterocycles. The zero-order valence-electron chi connectivity index (χ0n) is 22.2. The van der Waals surface area contributed by atoms with Crippen LogP contribution in [0.3, 0.4) is 0 Å². The number of halogens is 2. The highest BCUT2D eigenvalue weighted by atomic mass is 35.5. The summed E-state index contributed by atoms with van der Waals surface area (Å²) in [5.41, 5.74) is 1.74. The highest BCUT2D eigenvalue weighted by Crippen LogP contribution is 2.25. The molecule has 0 saturated heterocycles. The molecular formula is C32H36Cl2N2O3. The first-order chi connectivity index (χ1) is 19.0. The molecule has 0 aromatic heterocycles. The fourth-order valence-electron chi connectivity index (χ4n) is 5.01. The van der Waals surface area contributed by atoms with Gasteiger partial charge in [-0.25, -0.2) is 0 Å². The van der Waals surface area contributed by atoms with Crippen molar-refractivity contribution in [1.82, 2.24) is 10.2 Å². The monoisotopic (exact) mass is 566 g/mol. The van der Waals surface area contributed by atoms with E-state index < -0.39 is 6.04 Å². The van der Waals surface area contributed by atoms with Crippen LogP contribution >= 0.6 is 23.2 Å². The molecule has 0 radical (unpaired) electrons. The molecule has 1 aliphatic rings. The van der Waals surface area contributed by atoms with Gasteiger partial charge in [-0.05, 0) is 54.7 Å². The second-order valence-electron chi connectivity index (χ2n) is 10.1. The van der Waals surface area contributed by atoms with Crippen molar-refractivity contribution in [3.05, 3.63) is 100 Å². The second-order valence-corrected chi connectivity index (χ2v) is 10.9. The minimum atomic E-state index is -0.677. The van der Waals surface area contributed by atoms with Gasteiger partial charge in [-0.3, -0.25) is 9.59 Å². The van der Waals surface area contributed by atoms with Crippen molar-refractivity contribution in [2.45, 2.75) is 70.0 Å². The lowest BCUT2D eigenvalue weighted by molar-refractivity contribution is -0.141. The summed E-state index contributed by atoms with van der Waals surface area (Å²) >= 11 is 12.7. The number of para-hydroxylation sites is 1. The molecule has 1 N–H and O–H groups in total. The van der Waals surface area contributed by atoms with Gasteiger partial charge in [0.15, 0.2) is 0 Å². The van der Waals surface area contributed by atoms with Crippen molar-refractivity contribution >= 4 is 35.0 Å². The summed E-state index contributed by atoms with van der Waals surface area (Å²) in [6.45, 7) is 0.618. The van der Waals surface area contributed by atoms with Crippen LogP contribution in [0.1, 0.15) is 56.1 Å². The third-order valence-electron chi connectivity index (χ3n) is 7.13. The van der Waals surface area contributed by atoms with Crippen LogP contribution in [-0.2, 0) is 22.6 Å². The molecule has 5 nitrogen and oxygen atoms in total. The van der Waals surface area contributed by atoms with Gasteiger partial charge in [0.2, 0.25) is 11.8 Å². The van der Waals surface area contributed by atoms with Gasteiger partial charge in [-0.1, -0.05) is 97.1 Å². The predicted octanol–water partition coefficient (Wildman–Crippen LogP) is 7.24. The van der Waals surface area contributed by atoms with Gasteiger partial charge >= 0.3 is 0 Å². The Morgan fingerprint density at radius 2 is 1.62 bits per heavy atom. The topological polar surface area (TPSA) is 58.6 Å². The Morgan fingerprint density at radius 1 is 0.923 bits per heavy atom. The van der Waals surface area contributed by atoms with Crippen molar-refractivity contribution in [3.63, 3.8) is 0 Å². The molecule has 0 aliphatic heterocycles. The number of carbonyl (C=O) groups excluding carboxylic acids is 2. The Labute approximate surface area is 241 Å². The standard InChI is InChI=1S/C32H36Cl2N2O3/c33-26-19-18-25(29(34)22-26)23-36(31(37)17-10-20-39-28-15-8-3-9-16-28)30(21-24-11-4-1-5-12-24)32(38)35-27-13-6-2-7-14-27/h1,3-5,8-9,11-12,15-16,18-19,22,27,30H,2,6-7,10,13-14,17,20-21,23H2,(H,35,38)/t30-/m1/s1. The molecule has 3 aromatic rings. The first-order valence-electron chi connectivity index (χ1n) is 13.7.